The quantitative estimate of drug-likeness (QED) is 0.841. The summed E-state index contributed by atoms with van der Waals surface area (Å²) in [6.45, 7) is 5.65. The number of hydrogen-bond acceptors (Lipinski definition) is 3. The van der Waals surface area contributed by atoms with E-state index >= 15 is 0 Å². The maximum Gasteiger partial charge on any atom is 0.231 e. The van der Waals surface area contributed by atoms with Gasteiger partial charge in [0, 0.05) is 23.3 Å². The zero-order valence-electron chi connectivity index (χ0n) is 17.3. The number of nitrogens with zero attached hydrogens (tertiary/aromatic N) is 2. The van der Waals surface area contributed by atoms with Crippen molar-refractivity contribution in [3.05, 3.63) is 65.5 Å². The van der Waals surface area contributed by atoms with E-state index in [1.807, 2.05) is 12.1 Å². The molecule has 0 aliphatic carbocycles. The number of amides is 1. The van der Waals surface area contributed by atoms with Gasteiger partial charge in [0.15, 0.2) is 0 Å². The van der Waals surface area contributed by atoms with E-state index in [4.69, 9.17) is 5.73 Å². The van der Waals surface area contributed by atoms with Crippen LogP contribution in [0.2, 0.25) is 0 Å². The summed E-state index contributed by atoms with van der Waals surface area (Å²) in [4.78, 5) is 16.5. The first-order chi connectivity index (χ1) is 13.9. The highest BCUT2D eigenvalue weighted by atomic mass is 19.1. The molecule has 2 saturated heterocycles. The number of primary amides is 1. The minimum Gasteiger partial charge on any atom is -0.369 e. The normalized spacial score (nSPS) is 27.1. The fourth-order valence-corrected chi connectivity index (χ4v) is 5.50. The Bertz CT molecular complexity index is 884. The minimum absolute atomic E-state index is 0.124. The van der Waals surface area contributed by atoms with Gasteiger partial charge in [-0.1, -0.05) is 24.3 Å². The second-order valence-corrected chi connectivity index (χ2v) is 8.93. The molecular formula is C24H30FN3O. The molecule has 4 nitrogen and oxygen atoms in total. The lowest BCUT2D eigenvalue weighted by atomic mass is 9.88. The molecule has 2 heterocycles. The number of hydrogen-bond donors (Lipinski definition) is 1. The third-order valence-electron chi connectivity index (χ3n) is 6.56. The molecular weight excluding hydrogens is 365 g/mol. The van der Waals surface area contributed by atoms with Crippen molar-refractivity contribution >= 4 is 11.6 Å². The van der Waals surface area contributed by atoms with Crippen molar-refractivity contribution in [2.45, 2.75) is 57.2 Å². The van der Waals surface area contributed by atoms with Crippen LogP contribution in [0.5, 0.6) is 0 Å². The number of halogens is 1. The van der Waals surface area contributed by atoms with E-state index in [1.165, 1.54) is 23.4 Å². The van der Waals surface area contributed by atoms with E-state index in [0.29, 0.717) is 18.6 Å². The molecule has 2 aromatic rings. The molecule has 1 amide bonds. The van der Waals surface area contributed by atoms with Gasteiger partial charge in [0.2, 0.25) is 5.91 Å². The van der Waals surface area contributed by atoms with Crippen LogP contribution in [0, 0.1) is 12.7 Å². The summed E-state index contributed by atoms with van der Waals surface area (Å²) in [6, 6.07) is 16.2. The van der Waals surface area contributed by atoms with Gasteiger partial charge in [0.05, 0.1) is 6.54 Å². The molecule has 0 aromatic heterocycles. The summed E-state index contributed by atoms with van der Waals surface area (Å²) in [5.41, 5.74) is 9.02. The van der Waals surface area contributed by atoms with Gasteiger partial charge in [-0.25, -0.2) is 4.39 Å². The average Bonchev–Trinajstić information content (AvgIpc) is 2.96. The van der Waals surface area contributed by atoms with E-state index in [9.17, 15) is 9.18 Å². The SMILES string of the molecule is Cc1cccc(N2[C@H]3CCCN(CC(N)=O)[C@H]3C[C@@]2(C)Cc2ccc(F)cc2)c1. The molecule has 154 valence electrons. The van der Waals surface area contributed by atoms with Crippen molar-refractivity contribution in [1.29, 1.82) is 0 Å². The van der Waals surface area contributed by atoms with Crippen LogP contribution in [-0.4, -0.2) is 41.5 Å². The van der Waals surface area contributed by atoms with E-state index < -0.39 is 0 Å². The largest absolute Gasteiger partial charge is 0.369 e. The number of piperidine rings is 1. The van der Waals surface area contributed by atoms with Gasteiger partial charge in [-0.05, 0) is 81.5 Å². The summed E-state index contributed by atoms with van der Waals surface area (Å²) >= 11 is 0. The summed E-state index contributed by atoms with van der Waals surface area (Å²) in [6.07, 6.45) is 3.95. The van der Waals surface area contributed by atoms with Crippen LogP contribution in [0.4, 0.5) is 10.1 Å². The first-order valence-corrected chi connectivity index (χ1v) is 10.5. The topological polar surface area (TPSA) is 49.6 Å². The predicted molar refractivity (Wildman–Crippen MR) is 114 cm³/mol. The van der Waals surface area contributed by atoms with Crippen LogP contribution >= 0.6 is 0 Å². The molecule has 5 heteroatoms. The van der Waals surface area contributed by atoms with Gasteiger partial charge in [0.25, 0.3) is 0 Å². The summed E-state index contributed by atoms with van der Waals surface area (Å²) in [5, 5.41) is 0. The molecule has 0 spiro atoms. The molecule has 0 bridgehead atoms. The highest BCUT2D eigenvalue weighted by molar-refractivity contribution is 5.76. The molecule has 2 N–H and O–H groups in total. The van der Waals surface area contributed by atoms with Crippen LogP contribution in [0.15, 0.2) is 48.5 Å². The van der Waals surface area contributed by atoms with Crippen molar-refractivity contribution in [2.24, 2.45) is 5.73 Å². The van der Waals surface area contributed by atoms with E-state index in [1.54, 1.807) is 0 Å². The lowest BCUT2D eigenvalue weighted by molar-refractivity contribution is -0.120. The van der Waals surface area contributed by atoms with Crippen molar-refractivity contribution in [2.75, 3.05) is 18.0 Å². The fraction of sp³-hybridized carbons (Fsp3) is 0.458. The number of aryl methyl sites for hydroxylation is 1. The second-order valence-electron chi connectivity index (χ2n) is 8.93. The predicted octanol–water partition coefficient (Wildman–Crippen LogP) is 3.66. The van der Waals surface area contributed by atoms with Gasteiger partial charge < -0.3 is 10.6 Å². The number of benzene rings is 2. The van der Waals surface area contributed by atoms with E-state index in [2.05, 4.69) is 47.9 Å². The van der Waals surface area contributed by atoms with Crippen LogP contribution in [-0.2, 0) is 11.2 Å². The number of fused-ring (bicyclic) bond motifs is 1. The Kier molecular flexibility index (Phi) is 5.34. The van der Waals surface area contributed by atoms with Gasteiger partial charge >= 0.3 is 0 Å². The van der Waals surface area contributed by atoms with Gasteiger partial charge in [-0.2, -0.15) is 0 Å². The van der Waals surface area contributed by atoms with E-state index in [0.717, 1.165) is 37.8 Å². The standard InChI is InChI=1S/C24H30FN3O/c1-17-5-3-6-20(13-17)28-21-7-4-12-27(16-23(26)29)22(21)15-24(28,2)14-18-8-10-19(25)11-9-18/h3,5-6,8-11,13,21-22H,4,7,12,14-16H2,1-2H3,(H2,26,29)/t21-,22-,24+/m0/s1. The molecule has 2 aliphatic rings. The van der Waals surface area contributed by atoms with Crippen molar-refractivity contribution < 1.29 is 9.18 Å². The molecule has 29 heavy (non-hydrogen) atoms. The Morgan fingerprint density at radius 3 is 2.66 bits per heavy atom. The lowest BCUT2D eigenvalue weighted by Gasteiger charge is -2.43. The summed E-state index contributed by atoms with van der Waals surface area (Å²) in [5.74, 6) is -0.470. The summed E-state index contributed by atoms with van der Waals surface area (Å²) < 4.78 is 13.4. The van der Waals surface area contributed by atoms with Gasteiger partial charge in [-0.15, -0.1) is 0 Å². The third-order valence-corrected chi connectivity index (χ3v) is 6.56. The van der Waals surface area contributed by atoms with Crippen molar-refractivity contribution in [3.63, 3.8) is 0 Å². The molecule has 2 fully saturated rings. The van der Waals surface area contributed by atoms with Crippen LogP contribution in [0.3, 0.4) is 0 Å². The highest BCUT2D eigenvalue weighted by Gasteiger charge is 2.51. The molecule has 0 saturated carbocycles. The monoisotopic (exact) mass is 395 g/mol. The molecule has 0 radical (unpaired) electrons. The molecule has 3 atom stereocenters. The van der Waals surface area contributed by atoms with Gasteiger partial charge in [-0.3, -0.25) is 9.69 Å². The number of rotatable bonds is 5. The molecule has 4 rings (SSSR count). The Morgan fingerprint density at radius 1 is 1.21 bits per heavy atom. The fourth-order valence-electron chi connectivity index (χ4n) is 5.50. The number of carbonyl (C=O) groups is 1. The first-order valence-electron chi connectivity index (χ1n) is 10.5. The van der Waals surface area contributed by atoms with Crippen molar-refractivity contribution in [1.82, 2.24) is 4.90 Å². The average molecular weight is 396 g/mol. The molecule has 2 aromatic carbocycles. The van der Waals surface area contributed by atoms with E-state index in [-0.39, 0.29) is 17.3 Å². The number of carbonyl (C=O) groups excluding carboxylic acids is 1. The van der Waals surface area contributed by atoms with Gasteiger partial charge in [0.1, 0.15) is 5.82 Å². The lowest BCUT2D eigenvalue weighted by Crippen LogP contribution is -2.53. The Balaban J connectivity index is 1.72. The number of likely N-dealkylation sites (tertiary alicyclic amines) is 1. The third kappa shape index (κ3) is 4.01. The maximum absolute atomic E-state index is 13.4. The van der Waals surface area contributed by atoms with Crippen LogP contribution < -0.4 is 10.6 Å². The van der Waals surface area contributed by atoms with Crippen LogP contribution in [0.25, 0.3) is 0 Å². The Morgan fingerprint density at radius 2 is 1.97 bits per heavy atom. The smallest absolute Gasteiger partial charge is 0.231 e. The Hall–Kier alpha value is -2.40. The number of nitrogens with two attached hydrogens (primary N) is 1. The number of anilines is 1. The zero-order chi connectivity index (χ0) is 20.6. The zero-order valence-corrected chi connectivity index (χ0v) is 17.3. The second kappa shape index (κ2) is 7.79. The van der Waals surface area contributed by atoms with Crippen LogP contribution in [0.1, 0.15) is 37.3 Å². The molecule has 2 aliphatic heterocycles. The highest BCUT2D eigenvalue weighted by Crippen LogP contribution is 2.45. The van der Waals surface area contributed by atoms with Crippen molar-refractivity contribution in [3.8, 4) is 0 Å². The Labute approximate surface area is 172 Å². The maximum atomic E-state index is 13.4. The summed E-state index contributed by atoms with van der Waals surface area (Å²) in [7, 11) is 0. The first kappa shape index (κ1) is 19.9. The minimum atomic E-state index is -0.264. The molecule has 0 unspecified atom stereocenters.